The molecule has 2 heterocycles. The molecule has 0 radical (unpaired) electrons. The fraction of sp³-hybridized carbons (Fsp3) is 0.500. The van der Waals surface area contributed by atoms with E-state index < -0.39 is 0 Å². The molecule has 0 saturated carbocycles. The minimum absolute atomic E-state index is 0.0239. The number of nitrogens with one attached hydrogen (secondary N) is 2. The molecule has 1 aromatic heterocycles. The average molecular weight is 347 g/mol. The summed E-state index contributed by atoms with van der Waals surface area (Å²) in [5.41, 5.74) is -0.312. The van der Waals surface area contributed by atoms with Crippen molar-refractivity contribution in [3.05, 3.63) is 20.8 Å². The van der Waals surface area contributed by atoms with Gasteiger partial charge in [0.1, 0.15) is 0 Å². The van der Waals surface area contributed by atoms with Crippen LogP contribution >= 0.6 is 27.3 Å². The smallest absolute Gasteiger partial charge is 0.261 e. The van der Waals surface area contributed by atoms with Gasteiger partial charge in [0, 0.05) is 6.61 Å². The minimum atomic E-state index is -0.312. The zero-order chi connectivity index (χ0) is 13.9. The van der Waals surface area contributed by atoms with E-state index in [4.69, 9.17) is 4.74 Å². The van der Waals surface area contributed by atoms with Gasteiger partial charge in [-0.3, -0.25) is 9.59 Å². The number of thiophene rings is 1. The van der Waals surface area contributed by atoms with Crippen LogP contribution < -0.4 is 10.6 Å². The third-order valence-corrected chi connectivity index (χ3v) is 4.49. The Hall–Kier alpha value is -0.920. The summed E-state index contributed by atoms with van der Waals surface area (Å²) in [6.45, 7) is 3.09. The highest BCUT2D eigenvalue weighted by molar-refractivity contribution is 9.11. The predicted molar refractivity (Wildman–Crippen MR) is 76.3 cm³/mol. The number of ether oxygens (including phenoxy) is 1. The zero-order valence-electron chi connectivity index (χ0n) is 10.5. The van der Waals surface area contributed by atoms with Crippen LogP contribution in [0.3, 0.4) is 0 Å². The van der Waals surface area contributed by atoms with E-state index in [9.17, 15) is 9.59 Å². The number of hydrogen-bond donors (Lipinski definition) is 2. The lowest BCUT2D eigenvalue weighted by atomic mass is 10.0. The molecule has 104 valence electrons. The Morgan fingerprint density at radius 1 is 1.53 bits per heavy atom. The van der Waals surface area contributed by atoms with E-state index in [0.717, 1.165) is 10.2 Å². The van der Waals surface area contributed by atoms with Gasteiger partial charge in [0.2, 0.25) is 5.91 Å². The van der Waals surface area contributed by atoms with Crippen molar-refractivity contribution in [2.45, 2.75) is 18.9 Å². The topological polar surface area (TPSA) is 67.4 Å². The van der Waals surface area contributed by atoms with E-state index in [1.54, 1.807) is 12.1 Å². The van der Waals surface area contributed by atoms with Crippen molar-refractivity contribution in [3.63, 3.8) is 0 Å². The Morgan fingerprint density at radius 2 is 2.32 bits per heavy atom. The summed E-state index contributed by atoms with van der Waals surface area (Å²) in [5.74, 6) is -0.435. The summed E-state index contributed by atoms with van der Waals surface area (Å²) in [6.07, 6.45) is 0.796. The first kappa shape index (κ1) is 14.5. The van der Waals surface area contributed by atoms with E-state index >= 15 is 0 Å². The minimum Gasteiger partial charge on any atom is -0.379 e. The average Bonchev–Trinajstić information content (AvgIpc) is 2.95. The molecule has 0 aromatic carbocycles. The van der Waals surface area contributed by atoms with Crippen molar-refractivity contribution < 1.29 is 14.3 Å². The number of amides is 2. The lowest BCUT2D eigenvalue weighted by Gasteiger charge is -2.23. The molecular weight excluding hydrogens is 332 g/mol. The molecule has 1 saturated heterocycles. The molecule has 1 aromatic rings. The van der Waals surface area contributed by atoms with Gasteiger partial charge >= 0.3 is 0 Å². The van der Waals surface area contributed by atoms with Gasteiger partial charge < -0.3 is 15.4 Å². The van der Waals surface area contributed by atoms with Gasteiger partial charge in [0.15, 0.2) is 0 Å². The Labute approximate surface area is 123 Å². The molecule has 1 aliphatic heterocycles. The fourth-order valence-corrected chi connectivity index (χ4v) is 3.13. The molecule has 1 aliphatic rings. The van der Waals surface area contributed by atoms with E-state index in [1.165, 1.54) is 11.3 Å². The van der Waals surface area contributed by atoms with Crippen LogP contribution in [-0.2, 0) is 9.53 Å². The van der Waals surface area contributed by atoms with Crippen LogP contribution in [0.1, 0.15) is 23.0 Å². The van der Waals surface area contributed by atoms with E-state index in [-0.39, 0.29) is 23.9 Å². The van der Waals surface area contributed by atoms with Crippen molar-refractivity contribution in [2.75, 3.05) is 19.8 Å². The lowest BCUT2D eigenvalue weighted by Crippen LogP contribution is -2.49. The normalized spacial score (nSPS) is 22.2. The summed E-state index contributed by atoms with van der Waals surface area (Å²) >= 11 is 4.62. The second-order valence-corrected chi connectivity index (χ2v) is 7.16. The summed E-state index contributed by atoms with van der Waals surface area (Å²) in [7, 11) is 0. The van der Waals surface area contributed by atoms with E-state index in [1.807, 2.05) is 6.92 Å². The maximum Gasteiger partial charge on any atom is 0.261 e. The van der Waals surface area contributed by atoms with Gasteiger partial charge in [-0.15, -0.1) is 11.3 Å². The first-order valence-corrected chi connectivity index (χ1v) is 7.52. The number of carbonyl (C=O) groups excluding carboxylic acids is 2. The highest BCUT2D eigenvalue weighted by Crippen LogP contribution is 2.21. The van der Waals surface area contributed by atoms with Crippen LogP contribution in [-0.4, -0.2) is 37.1 Å². The molecule has 2 N–H and O–H groups in total. The van der Waals surface area contributed by atoms with Gasteiger partial charge in [0.25, 0.3) is 5.91 Å². The van der Waals surface area contributed by atoms with Crippen molar-refractivity contribution in [2.24, 2.45) is 0 Å². The lowest BCUT2D eigenvalue weighted by molar-refractivity contribution is -0.121. The summed E-state index contributed by atoms with van der Waals surface area (Å²) in [5, 5.41) is 5.48. The largest absolute Gasteiger partial charge is 0.379 e. The molecule has 0 unspecified atom stereocenters. The molecule has 0 aliphatic carbocycles. The van der Waals surface area contributed by atoms with E-state index in [0.29, 0.717) is 18.1 Å². The van der Waals surface area contributed by atoms with Gasteiger partial charge in [-0.25, -0.2) is 0 Å². The SMILES string of the molecule is C[C@@]1(NC(=O)CNC(=O)c2ccc(Br)s2)CCOC1. The van der Waals surface area contributed by atoms with Crippen molar-refractivity contribution >= 4 is 39.1 Å². The van der Waals surface area contributed by atoms with Gasteiger partial charge in [-0.05, 0) is 41.4 Å². The van der Waals surface area contributed by atoms with Crippen LogP contribution in [0.5, 0.6) is 0 Å². The highest BCUT2D eigenvalue weighted by atomic mass is 79.9. The second-order valence-electron chi connectivity index (χ2n) is 4.70. The van der Waals surface area contributed by atoms with Gasteiger partial charge in [0.05, 0.1) is 27.4 Å². The maximum atomic E-state index is 11.8. The maximum absolute atomic E-state index is 11.8. The fourth-order valence-electron chi connectivity index (χ4n) is 1.83. The summed E-state index contributed by atoms with van der Waals surface area (Å²) in [6, 6.07) is 3.52. The number of hydrogen-bond acceptors (Lipinski definition) is 4. The summed E-state index contributed by atoms with van der Waals surface area (Å²) in [4.78, 5) is 24.1. The van der Waals surface area contributed by atoms with Crippen molar-refractivity contribution in [1.82, 2.24) is 10.6 Å². The Kier molecular flexibility index (Phi) is 4.59. The monoisotopic (exact) mass is 346 g/mol. The van der Waals surface area contributed by atoms with Crippen LogP contribution in [0, 0.1) is 0 Å². The van der Waals surface area contributed by atoms with Crippen LogP contribution in [0.4, 0.5) is 0 Å². The second kappa shape index (κ2) is 6.02. The van der Waals surface area contributed by atoms with Crippen molar-refractivity contribution in [3.8, 4) is 0 Å². The number of carbonyl (C=O) groups is 2. The molecule has 2 amide bonds. The molecule has 1 fully saturated rings. The van der Waals surface area contributed by atoms with Gasteiger partial charge in [-0.2, -0.15) is 0 Å². The first-order chi connectivity index (χ1) is 8.98. The van der Waals surface area contributed by atoms with Crippen LogP contribution in [0.15, 0.2) is 15.9 Å². The molecule has 0 bridgehead atoms. The first-order valence-electron chi connectivity index (χ1n) is 5.91. The van der Waals surface area contributed by atoms with Crippen LogP contribution in [0.2, 0.25) is 0 Å². The zero-order valence-corrected chi connectivity index (χ0v) is 12.9. The molecule has 1 atom stereocenters. The standard InChI is InChI=1S/C12H15BrN2O3S/c1-12(4-5-18-7-12)15-10(16)6-14-11(17)8-2-3-9(13)19-8/h2-3H,4-7H2,1H3,(H,14,17)(H,15,16)/t12-/m1/s1. The van der Waals surface area contributed by atoms with Crippen molar-refractivity contribution in [1.29, 1.82) is 0 Å². The number of halogens is 1. The molecule has 5 nitrogen and oxygen atoms in total. The molecule has 0 spiro atoms. The molecular formula is C12H15BrN2O3S. The highest BCUT2D eigenvalue weighted by Gasteiger charge is 2.31. The third kappa shape index (κ3) is 4.02. The summed E-state index contributed by atoms with van der Waals surface area (Å²) < 4.78 is 6.14. The predicted octanol–water partition coefficient (Wildman–Crippen LogP) is 1.54. The molecule has 19 heavy (non-hydrogen) atoms. The Balaban J connectivity index is 1.79. The molecule has 7 heteroatoms. The van der Waals surface area contributed by atoms with Gasteiger partial charge in [-0.1, -0.05) is 0 Å². The Morgan fingerprint density at radius 3 is 2.89 bits per heavy atom. The van der Waals surface area contributed by atoms with E-state index in [2.05, 4.69) is 26.6 Å². The third-order valence-electron chi connectivity index (χ3n) is 2.87. The Bertz CT molecular complexity index is 483. The van der Waals surface area contributed by atoms with Crippen LogP contribution in [0.25, 0.3) is 0 Å². The molecule has 2 rings (SSSR count). The number of rotatable bonds is 4. The quantitative estimate of drug-likeness (QED) is 0.868.